The van der Waals surface area contributed by atoms with Crippen LogP contribution in [-0.4, -0.2) is 34.6 Å². The molecule has 2 N–H and O–H groups in total. The average Bonchev–Trinajstić information content (AvgIpc) is 2.13. The molecule has 0 radical (unpaired) electrons. The second-order valence-electron chi connectivity index (χ2n) is 3.63. The van der Waals surface area contributed by atoms with Crippen LogP contribution in [0.2, 0.25) is 0 Å². The van der Waals surface area contributed by atoms with Crippen LogP contribution in [0.1, 0.15) is 0 Å². The minimum Gasteiger partial charge on any atom is -0.398 e. The summed E-state index contributed by atoms with van der Waals surface area (Å²) in [6, 6.07) is 4.37. The Bertz CT molecular complexity index is 622. The number of benzene rings is 1. The van der Waals surface area contributed by atoms with Crippen molar-refractivity contribution < 1.29 is 16.8 Å². The van der Waals surface area contributed by atoms with E-state index in [9.17, 15) is 16.8 Å². The Morgan fingerprint density at radius 2 is 1.76 bits per heavy atom. The van der Waals surface area contributed by atoms with Crippen LogP contribution in [0.4, 0.5) is 5.69 Å². The Labute approximate surface area is 109 Å². The number of nitrogens with two attached hydrogens (primary N) is 1. The molecule has 8 heteroatoms. The van der Waals surface area contributed by atoms with E-state index < -0.39 is 31.2 Å². The minimum absolute atomic E-state index is 0.0376. The van der Waals surface area contributed by atoms with Gasteiger partial charge in [0.1, 0.15) is 9.84 Å². The summed E-state index contributed by atoms with van der Waals surface area (Å²) < 4.78 is 46.3. The lowest BCUT2D eigenvalue weighted by molar-refractivity contribution is 0.590. The zero-order valence-corrected chi connectivity index (χ0v) is 12.3. The molecule has 0 aliphatic rings. The van der Waals surface area contributed by atoms with Gasteiger partial charge >= 0.3 is 0 Å². The summed E-state index contributed by atoms with van der Waals surface area (Å²) in [7, 11) is -6.98. The quantitative estimate of drug-likeness (QED) is 0.819. The highest BCUT2D eigenvalue weighted by molar-refractivity contribution is 9.10. The van der Waals surface area contributed by atoms with E-state index in [1.807, 2.05) is 0 Å². The van der Waals surface area contributed by atoms with Gasteiger partial charge in [-0.15, -0.1) is 0 Å². The molecule has 1 aromatic carbocycles. The fourth-order valence-corrected chi connectivity index (χ4v) is 4.55. The first-order valence-electron chi connectivity index (χ1n) is 4.57. The van der Waals surface area contributed by atoms with Crippen molar-refractivity contribution in [1.82, 2.24) is 0 Å². The highest BCUT2D eigenvalue weighted by Crippen LogP contribution is 2.23. The molecular weight excluding hydrogens is 330 g/mol. The molecule has 5 nitrogen and oxygen atoms in total. The van der Waals surface area contributed by atoms with Crippen molar-refractivity contribution in [2.75, 3.05) is 23.5 Å². The molecule has 0 heterocycles. The molecular formula is C9H12BrNO4S2. The molecule has 0 amide bonds. The maximum absolute atomic E-state index is 11.9. The zero-order valence-electron chi connectivity index (χ0n) is 9.05. The van der Waals surface area contributed by atoms with Crippen LogP contribution in [-0.2, 0) is 19.7 Å². The molecule has 1 aromatic rings. The van der Waals surface area contributed by atoms with E-state index in [1.165, 1.54) is 12.1 Å². The molecule has 0 fully saturated rings. The highest BCUT2D eigenvalue weighted by Gasteiger charge is 2.19. The molecule has 0 saturated carbocycles. The predicted molar refractivity (Wildman–Crippen MR) is 70.3 cm³/mol. The maximum Gasteiger partial charge on any atom is 0.181 e. The second-order valence-corrected chi connectivity index (χ2v) is 8.88. The van der Waals surface area contributed by atoms with Gasteiger partial charge in [-0.25, -0.2) is 16.8 Å². The molecule has 17 heavy (non-hydrogen) atoms. The van der Waals surface area contributed by atoms with Crippen LogP contribution in [0, 0.1) is 0 Å². The van der Waals surface area contributed by atoms with Crippen molar-refractivity contribution in [3.05, 3.63) is 22.7 Å². The lowest BCUT2D eigenvalue weighted by Gasteiger charge is -2.07. The summed E-state index contributed by atoms with van der Waals surface area (Å²) in [5.41, 5.74) is 5.69. The van der Waals surface area contributed by atoms with Crippen LogP contribution in [0.15, 0.2) is 27.6 Å². The van der Waals surface area contributed by atoms with Gasteiger partial charge in [0.25, 0.3) is 0 Å². The molecule has 96 valence electrons. The normalized spacial score (nSPS) is 12.6. The summed E-state index contributed by atoms with van der Waals surface area (Å²) in [5.74, 6) is -0.873. The van der Waals surface area contributed by atoms with Gasteiger partial charge in [0, 0.05) is 10.7 Å². The third-order valence-electron chi connectivity index (χ3n) is 2.03. The molecule has 0 aliphatic heterocycles. The van der Waals surface area contributed by atoms with E-state index in [0.29, 0.717) is 4.47 Å². The molecule has 0 atom stereocenters. The highest BCUT2D eigenvalue weighted by atomic mass is 79.9. The molecule has 0 spiro atoms. The Kier molecular flexibility index (Phi) is 4.21. The van der Waals surface area contributed by atoms with E-state index in [2.05, 4.69) is 15.9 Å². The number of sulfone groups is 2. The Morgan fingerprint density at radius 1 is 1.18 bits per heavy atom. The van der Waals surface area contributed by atoms with Gasteiger partial charge in [0.2, 0.25) is 0 Å². The number of hydrogen-bond acceptors (Lipinski definition) is 5. The van der Waals surface area contributed by atoms with E-state index in [1.54, 1.807) is 6.07 Å². The Morgan fingerprint density at radius 3 is 2.24 bits per heavy atom. The van der Waals surface area contributed by atoms with Crippen LogP contribution < -0.4 is 5.73 Å². The average molecular weight is 342 g/mol. The number of halogens is 1. The lowest BCUT2D eigenvalue weighted by Crippen LogP contribution is -2.17. The van der Waals surface area contributed by atoms with Gasteiger partial charge in [-0.2, -0.15) is 0 Å². The van der Waals surface area contributed by atoms with E-state index in [0.717, 1.165) is 6.26 Å². The number of hydrogen-bond donors (Lipinski definition) is 1. The fraction of sp³-hybridized carbons (Fsp3) is 0.333. The summed E-state index contributed by atoms with van der Waals surface area (Å²) in [5, 5.41) is 0. The summed E-state index contributed by atoms with van der Waals surface area (Å²) in [6.45, 7) is 0. The molecule has 0 bridgehead atoms. The molecule has 0 saturated heterocycles. The van der Waals surface area contributed by atoms with Crippen molar-refractivity contribution in [3.63, 3.8) is 0 Å². The first-order chi connectivity index (χ1) is 7.62. The lowest BCUT2D eigenvalue weighted by atomic mass is 10.3. The zero-order chi connectivity index (χ0) is 13.3. The largest absolute Gasteiger partial charge is 0.398 e. The van der Waals surface area contributed by atoms with E-state index >= 15 is 0 Å². The number of rotatable bonds is 4. The van der Waals surface area contributed by atoms with Crippen molar-refractivity contribution in [2.45, 2.75) is 4.90 Å². The van der Waals surface area contributed by atoms with Crippen molar-refractivity contribution in [2.24, 2.45) is 0 Å². The van der Waals surface area contributed by atoms with Gasteiger partial charge in [-0.3, -0.25) is 0 Å². The van der Waals surface area contributed by atoms with Gasteiger partial charge in [0.05, 0.1) is 22.1 Å². The second kappa shape index (κ2) is 4.95. The predicted octanol–water partition coefficient (Wildman–Crippen LogP) is 0.850. The first kappa shape index (κ1) is 14.5. The van der Waals surface area contributed by atoms with Crippen LogP contribution >= 0.6 is 15.9 Å². The summed E-state index contributed by atoms with van der Waals surface area (Å²) in [6.07, 6.45) is 0.994. The topological polar surface area (TPSA) is 94.3 Å². The summed E-state index contributed by atoms with van der Waals surface area (Å²) >= 11 is 3.16. The molecule has 1 rings (SSSR count). The monoisotopic (exact) mass is 341 g/mol. The standard InChI is InChI=1S/C9H12BrNO4S2/c1-16(12,13)4-5-17(14,15)9-3-2-7(10)6-8(9)11/h2-3,6H,4-5,11H2,1H3. The first-order valence-corrected chi connectivity index (χ1v) is 9.08. The SMILES string of the molecule is CS(=O)(=O)CCS(=O)(=O)c1ccc(Br)cc1N. The maximum atomic E-state index is 11.9. The van der Waals surface area contributed by atoms with Crippen molar-refractivity contribution in [1.29, 1.82) is 0 Å². The molecule has 0 unspecified atom stereocenters. The van der Waals surface area contributed by atoms with Gasteiger partial charge in [-0.05, 0) is 18.2 Å². The van der Waals surface area contributed by atoms with Gasteiger partial charge < -0.3 is 5.73 Å². The van der Waals surface area contributed by atoms with Crippen molar-refractivity contribution in [3.8, 4) is 0 Å². The number of nitrogen functional groups attached to an aromatic ring is 1. The smallest absolute Gasteiger partial charge is 0.181 e. The third-order valence-corrected chi connectivity index (χ3v) is 5.51. The molecule has 0 aliphatic carbocycles. The molecule has 0 aromatic heterocycles. The minimum atomic E-state index is -3.67. The van der Waals surface area contributed by atoms with E-state index in [4.69, 9.17) is 5.73 Å². The van der Waals surface area contributed by atoms with Gasteiger partial charge in [-0.1, -0.05) is 15.9 Å². The Hall–Kier alpha value is -0.600. The van der Waals surface area contributed by atoms with Crippen LogP contribution in [0.5, 0.6) is 0 Å². The third kappa shape index (κ3) is 4.29. The van der Waals surface area contributed by atoms with Gasteiger partial charge in [0.15, 0.2) is 9.84 Å². The summed E-state index contributed by atoms with van der Waals surface area (Å²) in [4.78, 5) is -0.0376. The number of anilines is 1. The van der Waals surface area contributed by atoms with Crippen LogP contribution in [0.25, 0.3) is 0 Å². The van der Waals surface area contributed by atoms with E-state index in [-0.39, 0.29) is 10.6 Å². The fourth-order valence-electron chi connectivity index (χ4n) is 1.17. The van der Waals surface area contributed by atoms with Crippen LogP contribution in [0.3, 0.4) is 0 Å². The Balaban J connectivity index is 3.06. The van der Waals surface area contributed by atoms with Crippen molar-refractivity contribution >= 4 is 41.3 Å².